The van der Waals surface area contributed by atoms with Gasteiger partial charge in [0.2, 0.25) is 0 Å². The lowest BCUT2D eigenvalue weighted by Gasteiger charge is -2.41. The number of hydrogen-bond donors (Lipinski definition) is 4. The SMILES string of the molecule is CCc1ccc(Cc2cc([C@@H]3O[C@H](CO)[C@@H](O)[C@H](O)[C@H]3O)c(COCC(Br)CBr)cc2Cl)cc1. The van der Waals surface area contributed by atoms with Gasteiger partial charge in [0.05, 0.1) is 19.8 Å². The van der Waals surface area contributed by atoms with Crippen LogP contribution in [0.15, 0.2) is 36.4 Å². The van der Waals surface area contributed by atoms with Crippen molar-refractivity contribution in [3.63, 3.8) is 0 Å². The highest BCUT2D eigenvalue weighted by Gasteiger charge is 2.44. The van der Waals surface area contributed by atoms with Crippen molar-refractivity contribution in [3.8, 4) is 0 Å². The third-order valence-corrected chi connectivity index (χ3v) is 8.65. The number of alkyl halides is 2. The van der Waals surface area contributed by atoms with Gasteiger partial charge in [0.15, 0.2) is 0 Å². The van der Waals surface area contributed by atoms with E-state index in [0.29, 0.717) is 29.2 Å². The first-order valence-corrected chi connectivity index (χ1v) is 13.7. The molecule has 0 aliphatic carbocycles. The Morgan fingerprint density at radius 2 is 1.71 bits per heavy atom. The zero-order valence-electron chi connectivity index (χ0n) is 18.9. The summed E-state index contributed by atoms with van der Waals surface area (Å²) in [7, 11) is 0. The largest absolute Gasteiger partial charge is 0.394 e. The van der Waals surface area contributed by atoms with Crippen LogP contribution in [0, 0.1) is 0 Å². The van der Waals surface area contributed by atoms with E-state index in [1.165, 1.54) is 5.56 Å². The molecule has 1 fully saturated rings. The fraction of sp³-hybridized carbons (Fsp3) is 0.520. The number of benzene rings is 2. The summed E-state index contributed by atoms with van der Waals surface area (Å²) < 4.78 is 11.7. The van der Waals surface area contributed by atoms with Crippen LogP contribution in [0.1, 0.15) is 40.8 Å². The van der Waals surface area contributed by atoms with Gasteiger partial charge in [-0.3, -0.25) is 0 Å². The number of aryl methyl sites for hydroxylation is 1. The Hall–Kier alpha value is -0.550. The average molecular weight is 623 g/mol. The van der Waals surface area contributed by atoms with Crippen LogP contribution in [0.4, 0.5) is 0 Å². The Balaban J connectivity index is 1.95. The predicted molar refractivity (Wildman–Crippen MR) is 139 cm³/mol. The Labute approximate surface area is 222 Å². The quantitative estimate of drug-likeness (QED) is 0.302. The van der Waals surface area contributed by atoms with Gasteiger partial charge >= 0.3 is 0 Å². The fourth-order valence-corrected chi connectivity index (χ4v) is 4.64. The van der Waals surface area contributed by atoms with Crippen molar-refractivity contribution in [3.05, 3.63) is 69.2 Å². The Morgan fingerprint density at radius 3 is 2.32 bits per heavy atom. The topological polar surface area (TPSA) is 99.4 Å². The van der Waals surface area contributed by atoms with Crippen LogP contribution in [-0.4, -0.2) is 68.2 Å². The molecule has 2 aromatic rings. The normalized spacial score (nSPS) is 25.9. The van der Waals surface area contributed by atoms with Crippen molar-refractivity contribution in [2.45, 2.75) is 61.7 Å². The van der Waals surface area contributed by atoms with E-state index < -0.39 is 37.1 Å². The van der Waals surface area contributed by atoms with E-state index in [1.54, 1.807) is 6.07 Å². The highest BCUT2D eigenvalue weighted by Crippen LogP contribution is 2.37. The lowest BCUT2D eigenvalue weighted by Crippen LogP contribution is -2.55. The average Bonchev–Trinajstić information content (AvgIpc) is 2.85. The molecule has 3 rings (SSSR count). The fourth-order valence-electron chi connectivity index (χ4n) is 4.02. The zero-order chi connectivity index (χ0) is 24.8. The number of aliphatic hydroxyl groups excluding tert-OH is 4. The Bertz CT molecular complexity index is 926. The molecule has 0 bridgehead atoms. The maximum absolute atomic E-state index is 10.8. The summed E-state index contributed by atoms with van der Waals surface area (Å²) in [6.07, 6.45) is -4.72. The molecule has 2 aromatic carbocycles. The summed E-state index contributed by atoms with van der Waals surface area (Å²) in [5.41, 5.74) is 4.47. The highest BCUT2D eigenvalue weighted by atomic mass is 79.9. The van der Waals surface area contributed by atoms with Gasteiger partial charge < -0.3 is 29.9 Å². The maximum atomic E-state index is 10.8. The highest BCUT2D eigenvalue weighted by molar-refractivity contribution is 9.12. The second-order valence-electron chi connectivity index (χ2n) is 8.51. The third kappa shape index (κ3) is 6.81. The molecular formula is C25H31Br2ClO6. The summed E-state index contributed by atoms with van der Waals surface area (Å²) in [5.74, 6) is 0. The molecule has 1 aliphatic rings. The van der Waals surface area contributed by atoms with Crippen LogP contribution in [-0.2, 0) is 28.9 Å². The number of halogens is 3. The first kappa shape index (κ1) is 28.0. The van der Waals surface area contributed by atoms with Gasteiger partial charge in [-0.25, -0.2) is 0 Å². The second-order valence-corrected chi connectivity index (χ2v) is 10.9. The Kier molecular flexibility index (Phi) is 10.8. The van der Waals surface area contributed by atoms with Crippen molar-refractivity contribution in [2.75, 3.05) is 18.5 Å². The van der Waals surface area contributed by atoms with Crippen LogP contribution in [0.3, 0.4) is 0 Å². The van der Waals surface area contributed by atoms with Gasteiger partial charge in [0.1, 0.15) is 30.5 Å². The van der Waals surface area contributed by atoms with E-state index in [0.717, 1.165) is 22.9 Å². The summed E-state index contributed by atoms with van der Waals surface area (Å²) in [6, 6.07) is 12.0. The number of hydrogen-bond acceptors (Lipinski definition) is 6. The smallest absolute Gasteiger partial charge is 0.113 e. The molecule has 1 heterocycles. The van der Waals surface area contributed by atoms with E-state index in [-0.39, 0.29) is 11.4 Å². The van der Waals surface area contributed by atoms with Crippen molar-refractivity contribution in [2.24, 2.45) is 0 Å². The molecule has 0 aromatic heterocycles. The first-order chi connectivity index (χ1) is 16.3. The Morgan fingerprint density at radius 1 is 1.03 bits per heavy atom. The number of rotatable bonds is 10. The lowest BCUT2D eigenvalue weighted by atomic mass is 9.87. The van der Waals surface area contributed by atoms with E-state index in [2.05, 4.69) is 63.0 Å². The molecule has 34 heavy (non-hydrogen) atoms. The monoisotopic (exact) mass is 620 g/mol. The van der Waals surface area contributed by atoms with Crippen molar-refractivity contribution >= 4 is 43.5 Å². The molecule has 4 N–H and O–H groups in total. The van der Waals surface area contributed by atoms with Crippen LogP contribution >= 0.6 is 43.5 Å². The van der Waals surface area contributed by atoms with E-state index in [1.807, 2.05) is 6.07 Å². The van der Waals surface area contributed by atoms with Crippen LogP contribution in [0.25, 0.3) is 0 Å². The van der Waals surface area contributed by atoms with Gasteiger partial charge in [-0.05, 0) is 46.7 Å². The molecule has 0 amide bonds. The molecule has 1 unspecified atom stereocenters. The molecule has 0 spiro atoms. The molecule has 9 heteroatoms. The molecule has 0 saturated carbocycles. The number of ether oxygens (including phenoxy) is 2. The van der Waals surface area contributed by atoms with Gasteiger partial charge in [-0.1, -0.05) is 80.7 Å². The first-order valence-electron chi connectivity index (χ1n) is 11.3. The van der Waals surface area contributed by atoms with Gasteiger partial charge in [0.25, 0.3) is 0 Å². The van der Waals surface area contributed by atoms with Crippen molar-refractivity contribution in [1.82, 2.24) is 0 Å². The molecule has 6 atom stereocenters. The third-order valence-electron chi connectivity index (χ3n) is 6.06. The molecule has 0 radical (unpaired) electrons. The molecular weight excluding hydrogens is 592 g/mol. The predicted octanol–water partition coefficient (Wildman–Crippen LogP) is 3.68. The van der Waals surface area contributed by atoms with Crippen LogP contribution < -0.4 is 0 Å². The number of aliphatic hydroxyl groups is 4. The summed E-state index contributed by atoms with van der Waals surface area (Å²) in [6.45, 7) is 2.27. The van der Waals surface area contributed by atoms with Gasteiger partial charge in [-0.15, -0.1) is 0 Å². The summed E-state index contributed by atoms with van der Waals surface area (Å²) in [4.78, 5) is 0.129. The van der Waals surface area contributed by atoms with Crippen molar-refractivity contribution < 1.29 is 29.9 Å². The zero-order valence-corrected chi connectivity index (χ0v) is 22.8. The van der Waals surface area contributed by atoms with E-state index >= 15 is 0 Å². The molecule has 6 nitrogen and oxygen atoms in total. The molecule has 188 valence electrons. The standard InChI is InChI=1S/C25H31Br2ClO6/c1-2-14-3-5-15(6-4-14)7-16-8-19(17(9-20(16)28)12-33-13-18(27)10-26)25-24(32)23(31)22(30)21(11-29)34-25/h3-6,8-9,18,21-25,29-32H,2,7,10-13H2,1H3/t18?,21-,22-,23+,24-,25+/m1/s1. The van der Waals surface area contributed by atoms with Gasteiger partial charge in [-0.2, -0.15) is 0 Å². The van der Waals surface area contributed by atoms with E-state index in [9.17, 15) is 20.4 Å². The lowest BCUT2D eigenvalue weighted by molar-refractivity contribution is -0.232. The van der Waals surface area contributed by atoms with Crippen LogP contribution in [0.2, 0.25) is 5.02 Å². The van der Waals surface area contributed by atoms with Crippen molar-refractivity contribution in [1.29, 1.82) is 0 Å². The maximum Gasteiger partial charge on any atom is 0.113 e. The minimum Gasteiger partial charge on any atom is -0.394 e. The molecule has 1 aliphatic heterocycles. The minimum absolute atomic E-state index is 0.129. The minimum atomic E-state index is -1.47. The molecule has 1 saturated heterocycles. The van der Waals surface area contributed by atoms with E-state index in [4.69, 9.17) is 21.1 Å². The van der Waals surface area contributed by atoms with Gasteiger partial charge in [0, 0.05) is 15.2 Å². The van der Waals surface area contributed by atoms with Crippen LogP contribution in [0.5, 0.6) is 0 Å². The summed E-state index contributed by atoms with van der Waals surface area (Å²) in [5, 5.41) is 42.2. The summed E-state index contributed by atoms with van der Waals surface area (Å²) >= 11 is 13.6. The second kappa shape index (κ2) is 13.1.